The molecule has 0 aliphatic rings. The van der Waals surface area contributed by atoms with Gasteiger partial charge in [0.15, 0.2) is 0 Å². The van der Waals surface area contributed by atoms with E-state index >= 15 is 0 Å². The number of hydrogen-bond acceptors (Lipinski definition) is 3. The van der Waals surface area contributed by atoms with E-state index in [4.69, 9.17) is 10.2 Å². The van der Waals surface area contributed by atoms with E-state index < -0.39 is 11.9 Å². The van der Waals surface area contributed by atoms with Crippen molar-refractivity contribution in [1.29, 1.82) is 0 Å². The number of anilines is 1. The van der Waals surface area contributed by atoms with Gasteiger partial charge in [0.25, 0.3) is 0 Å². The number of benzene rings is 1. The number of aryl methyl sites for hydroxylation is 2. The summed E-state index contributed by atoms with van der Waals surface area (Å²) in [6.07, 6.45) is 1.47. The van der Waals surface area contributed by atoms with Gasteiger partial charge < -0.3 is 15.1 Å². The predicted octanol–water partition coefficient (Wildman–Crippen LogP) is 1.79. The Labute approximate surface area is 112 Å². The lowest BCUT2D eigenvalue weighted by Crippen LogP contribution is -2.35. The zero-order valence-corrected chi connectivity index (χ0v) is 11.2. The van der Waals surface area contributed by atoms with Crippen molar-refractivity contribution in [2.75, 3.05) is 18.0 Å². The van der Waals surface area contributed by atoms with Crippen LogP contribution in [0.5, 0.6) is 0 Å². The molecule has 5 heteroatoms. The van der Waals surface area contributed by atoms with Gasteiger partial charge in [-0.15, -0.1) is 0 Å². The molecule has 0 aliphatic heterocycles. The lowest BCUT2D eigenvalue weighted by atomic mass is 10.0. The van der Waals surface area contributed by atoms with Crippen molar-refractivity contribution in [1.82, 2.24) is 0 Å². The van der Waals surface area contributed by atoms with Crippen LogP contribution in [0.2, 0.25) is 0 Å². The van der Waals surface area contributed by atoms with Crippen LogP contribution in [0.4, 0.5) is 5.69 Å². The topological polar surface area (TPSA) is 77.8 Å². The van der Waals surface area contributed by atoms with Crippen LogP contribution in [-0.2, 0) is 22.4 Å². The van der Waals surface area contributed by atoms with Gasteiger partial charge in [0.1, 0.15) is 13.1 Å². The lowest BCUT2D eigenvalue weighted by molar-refractivity contribution is -0.136. The fourth-order valence-electron chi connectivity index (χ4n) is 2.16. The van der Waals surface area contributed by atoms with E-state index in [-0.39, 0.29) is 13.1 Å². The third kappa shape index (κ3) is 3.98. The third-order valence-corrected chi connectivity index (χ3v) is 2.93. The zero-order chi connectivity index (χ0) is 14.4. The molecule has 0 aliphatic carbocycles. The monoisotopic (exact) mass is 265 g/mol. The molecule has 1 aromatic rings. The number of carboxylic acid groups (broad SMARTS) is 2. The van der Waals surface area contributed by atoms with Crippen LogP contribution in [0.15, 0.2) is 18.2 Å². The van der Waals surface area contributed by atoms with Crippen LogP contribution in [0.1, 0.15) is 25.0 Å². The lowest BCUT2D eigenvalue weighted by Gasteiger charge is -2.26. The Balaban J connectivity index is 3.25. The van der Waals surface area contributed by atoms with Crippen molar-refractivity contribution in [2.45, 2.75) is 26.7 Å². The summed E-state index contributed by atoms with van der Waals surface area (Å²) >= 11 is 0. The second kappa shape index (κ2) is 6.78. The fraction of sp³-hybridized carbons (Fsp3) is 0.429. The van der Waals surface area contributed by atoms with Crippen LogP contribution in [0.3, 0.4) is 0 Å². The summed E-state index contributed by atoms with van der Waals surface area (Å²) in [5.41, 5.74) is 2.70. The molecule has 0 heterocycles. The number of para-hydroxylation sites is 1. The summed E-state index contributed by atoms with van der Waals surface area (Å²) in [4.78, 5) is 23.3. The molecule has 2 N–H and O–H groups in total. The molecule has 5 nitrogen and oxygen atoms in total. The van der Waals surface area contributed by atoms with Crippen molar-refractivity contribution in [3.63, 3.8) is 0 Å². The molecule has 19 heavy (non-hydrogen) atoms. The number of carboxylic acids is 2. The van der Waals surface area contributed by atoms with Gasteiger partial charge in [0, 0.05) is 5.69 Å². The molecule has 1 aromatic carbocycles. The Kier molecular flexibility index (Phi) is 5.36. The fourth-order valence-corrected chi connectivity index (χ4v) is 2.16. The molecule has 0 aromatic heterocycles. The van der Waals surface area contributed by atoms with Crippen LogP contribution < -0.4 is 4.90 Å². The van der Waals surface area contributed by atoms with E-state index in [1.807, 2.05) is 32.0 Å². The number of hydrogen-bond donors (Lipinski definition) is 2. The van der Waals surface area contributed by atoms with E-state index in [1.54, 1.807) is 0 Å². The second-order valence-electron chi connectivity index (χ2n) is 4.28. The smallest absolute Gasteiger partial charge is 0.323 e. The highest BCUT2D eigenvalue weighted by atomic mass is 16.4. The first kappa shape index (κ1) is 15.0. The summed E-state index contributed by atoms with van der Waals surface area (Å²) in [6.45, 7) is 3.32. The van der Waals surface area contributed by atoms with Crippen molar-refractivity contribution in [3.8, 4) is 0 Å². The standard InChI is InChI=1S/C14H19NO4/c1-3-10-6-5-7-11(4-2)14(10)15(8-12(16)17)9-13(18)19/h5-7H,3-4,8-9H2,1-2H3,(H,16,17)(H,18,19). The summed E-state index contributed by atoms with van der Waals surface area (Å²) in [6, 6.07) is 5.73. The summed E-state index contributed by atoms with van der Waals surface area (Å²) < 4.78 is 0. The molecule has 1 rings (SSSR count). The summed E-state index contributed by atoms with van der Waals surface area (Å²) in [7, 11) is 0. The quantitative estimate of drug-likeness (QED) is 0.785. The van der Waals surface area contributed by atoms with E-state index in [0.717, 1.165) is 29.7 Å². The molecular weight excluding hydrogens is 246 g/mol. The van der Waals surface area contributed by atoms with Crippen LogP contribution in [0.25, 0.3) is 0 Å². The molecular formula is C14H19NO4. The van der Waals surface area contributed by atoms with Gasteiger partial charge in [-0.2, -0.15) is 0 Å². The SMILES string of the molecule is CCc1cccc(CC)c1N(CC(=O)O)CC(=O)O. The molecule has 0 atom stereocenters. The van der Waals surface area contributed by atoms with Crippen LogP contribution in [0, 0.1) is 0 Å². The van der Waals surface area contributed by atoms with Crippen molar-refractivity contribution >= 4 is 17.6 Å². The molecule has 0 saturated carbocycles. The van der Waals surface area contributed by atoms with E-state index in [9.17, 15) is 9.59 Å². The van der Waals surface area contributed by atoms with Gasteiger partial charge in [-0.1, -0.05) is 32.0 Å². The number of aliphatic carboxylic acids is 2. The molecule has 0 unspecified atom stereocenters. The molecule has 0 fully saturated rings. The van der Waals surface area contributed by atoms with Crippen molar-refractivity contribution in [2.24, 2.45) is 0 Å². The third-order valence-electron chi connectivity index (χ3n) is 2.93. The second-order valence-corrected chi connectivity index (χ2v) is 4.28. The first-order valence-corrected chi connectivity index (χ1v) is 6.28. The Morgan fingerprint density at radius 1 is 1.00 bits per heavy atom. The Morgan fingerprint density at radius 2 is 1.42 bits per heavy atom. The van der Waals surface area contributed by atoms with E-state index in [2.05, 4.69) is 0 Å². The maximum absolute atomic E-state index is 10.9. The highest BCUT2D eigenvalue weighted by Crippen LogP contribution is 2.26. The minimum Gasteiger partial charge on any atom is -0.480 e. The highest BCUT2D eigenvalue weighted by Gasteiger charge is 2.19. The van der Waals surface area contributed by atoms with Gasteiger partial charge in [-0.25, -0.2) is 0 Å². The number of nitrogens with zero attached hydrogens (tertiary/aromatic N) is 1. The average Bonchev–Trinajstić information content (AvgIpc) is 2.35. The first-order chi connectivity index (χ1) is 8.99. The van der Waals surface area contributed by atoms with Gasteiger partial charge in [0.2, 0.25) is 0 Å². The van der Waals surface area contributed by atoms with Crippen LogP contribution in [-0.4, -0.2) is 35.2 Å². The largest absolute Gasteiger partial charge is 0.480 e. The minimum atomic E-state index is -1.03. The average molecular weight is 265 g/mol. The molecule has 0 spiro atoms. The highest BCUT2D eigenvalue weighted by molar-refractivity contribution is 5.81. The van der Waals surface area contributed by atoms with Gasteiger partial charge in [0.05, 0.1) is 0 Å². The van der Waals surface area contributed by atoms with Gasteiger partial charge >= 0.3 is 11.9 Å². The maximum atomic E-state index is 10.9. The predicted molar refractivity (Wildman–Crippen MR) is 72.7 cm³/mol. The summed E-state index contributed by atoms with van der Waals surface area (Å²) in [5.74, 6) is -2.07. The number of rotatable bonds is 7. The zero-order valence-electron chi connectivity index (χ0n) is 11.2. The Morgan fingerprint density at radius 3 is 1.74 bits per heavy atom. The molecule has 104 valence electrons. The van der Waals surface area contributed by atoms with Crippen molar-refractivity contribution in [3.05, 3.63) is 29.3 Å². The molecule has 0 amide bonds. The van der Waals surface area contributed by atoms with Gasteiger partial charge in [-0.05, 0) is 24.0 Å². The Bertz CT molecular complexity index is 432. The molecule has 0 saturated heterocycles. The Hall–Kier alpha value is -2.04. The minimum absolute atomic E-state index is 0.309. The van der Waals surface area contributed by atoms with E-state index in [1.165, 1.54) is 4.90 Å². The van der Waals surface area contributed by atoms with Crippen LogP contribution >= 0.6 is 0 Å². The van der Waals surface area contributed by atoms with E-state index in [0.29, 0.717) is 0 Å². The normalized spacial score (nSPS) is 10.2. The summed E-state index contributed by atoms with van der Waals surface area (Å²) in [5, 5.41) is 17.9. The number of carbonyl (C=O) groups is 2. The first-order valence-electron chi connectivity index (χ1n) is 6.28. The van der Waals surface area contributed by atoms with Gasteiger partial charge in [-0.3, -0.25) is 9.59 Å². The van der Waals surface area contributed by atoms with Crippen molar-refractivity contribution < 1.29 is 19.8 Å². The molecule has 0 bridgehead atoms. The maximum Gasteiger partial charge on any atom is 0.323 e. The molecule has 0 radical (unpaired) electrons.